The number of sulfonamides is 1. The van der Waals surface area contributed by atoms with Crippen molar-refractivity contribution in [3.8, 4) is 5.75 Å². The Labute approximate surface area is 212 Å². The molecule has 0 fully saturated rings. The average molecular weight is 531 g/mol. The maximum absolute atomic E-state index is 13.1. The number of rotatable bonds is 10. The lowest BCUT2D eigenvalue weighted by Gasteiger charge is -2.21. The van der Waals surface area contributed by atoms with Crippen molar-refractivity contribution in [2.24, 2.45) is 0 Å². The SMILES string of the molecule is CCCn1c(N)c(C(=O)COC(=O)c2ccc(S(=O)(=O)N(C)c3ccccc3OC)cc2)c(=O)[nH]c1=O. The van der Waals surface area contributed by atoms with Gasteiger partial charge in [0.2, 0.25) is 5.78 Å². The third-order valence-electron chi connectivity index (χ3n) is 5.47. The van der Waals surface area contributed by atoms with Crippen molar-refractivity contribution >= 4 is 33.3 Å². The van der Waals surface area contributed by atoms with E-state index in [1.165, 1.54) is 38.4 Å². The number of Topliss-reactive ketones (excluding diaryl/α,β-unsaturated/α-hetero) is 1. The molecule has 0 aliphatic heterocycles. The van der Waals surface area contributed by atoms with Crippen molar-refractivity contribution in [2.45, 2.75) is 24.8 Å². The largest absolute Gasteiger partial charge is 0.495 e. The topological polar surface area (TPSA) is 171 Å². The van der Waals surface area contributed by atoms with Crippen molar-refractivity contribution < 1.29 is 27.5 Å². The van der Waals surface area contributed by atoms with Crippen LogP contribution in [-0.4, -0.2) is 50.5 Å². The smallest absolute Gasteiger partial charge is 0.338 e. The monoisotopic (exact) mass is 530 g/mol. The molecule has 1 heterocycles. The number of nitrogens with zero attached hydrogens (tertiary/aromatic N) is 2. The van der Waals surface area contributed by atoms with Gasteiger partial charge in [-0.05, 0) is 42.8 Å². The molecule has 0 aliphatic rings. The van der Waals surface area contributed by atoms with E-state index in [2.05, 4.69) is 0 Å². The summed E-state index contributed by atoms with van der Waals surface area (Å²) in [6, 6.07) is 11.5. The Hall–Kier alpha value is -4.39. The van der Waals surface area contributed by atoms with Crippen LogP contribution in [0.5, 0.6) is 5.75 Å². The zero-order chi connectivity index (χ0) is 27.3. The Bertz CT molecular complexity index is 1540. The summed E-state index contributed by atoms with van der Waals surface area (Å²) in [5.74, 6) is -1.77. The number of hydrogen-bond acceptors (Lipinski definition) is 9. The fourth-order valence-corrected chi connectivity index (χ4v) is 4.74. The lowest BCUT2D eigenvalue weighted by Crippen LogP contribution is -2.37. The van der Waals surface area contributed by atoms with Gasteiger partial charge >= 0.3 is 11.7 Å². The number of carbonyl (C=O) groups is 2. The zero-order valence-electron chi connectivity index (χ0n) is 20.4. The number of esters is 1. The number of methoxy groups -OCH3 is 1. The predicted molar refractivity (Wildman–Crippen MR) is 136 cm³/mol. The molecule has 0 saturated heterocycles. The van der Waals surface area contributed by atoms with Gasteiger partial charge in [-0.3, -0.25) is 23.4 Å². The zero-order valence-corrected chi connectivity index (χ0v) is 21.2. The number of aromatic amines is 1. The highest BCUT2D eigenvalue weighted by Crippen LogP contribution is 2.30. The minimum absolute atomic E-state index is 0.0236. The molecule has 0 amide bonds. The second-order valence-electron chi connectivity index (χ2n) is 7.84. The van der Waals surface area contributed by atoms with Crippen LogP contribution < -0.4 is 26.0 Å². The summed E-state index contributed by atoms with van der Waals surface area (Å²) in [4.78, 5) is 51.0. The minimum atomic E-state index is -3.98. The molecule has 12 nitrogen and oxygen atoms in total. The lowest BCUT2D eigenvalue weighted by molar-refractivity contribution is 0.0474. The van der Waals surface area contributed by atoms with Crippen LogP contribution >= 0.6 is 0 Å². The summed E-state index contributed by atoms with van der Waals surface area (Å²) < 4.78 is 38.4. The quantitative estimate of drug-likeness (QED) is 0.290. The van der Waals surface area contributed by atoms with Gasteiger partial charge in [0.25, 0.3) is 15.6 Å². The van der Waals surface area contributed by atoms with Crippen molar-refractivity contribution in [2.75, 3.05) is 30.8 Å². The molecule has 0 atom stereocenters. The molecule has 0 radical (unpaired) electrons. The second-order valence-corrected chi connectivity index (χ2v) is 9.81. The van der Waals surface area contributed by atoms with Crippen LogP contribution in [0.15, 0.2) is 63.0 Å². The lowest BCUT2D eigenvalue weighted by atomic mass is 10.2. The fraction of sp³-hybridized carbons (Fsp3) is 0.250. The van der Waals surface area contributed by atoms with Gasteiger partial charge in [0, 0.05) is 13.6 Å². The molecule has 0 unspecified atom stereocenters. The number of H-pyrrole nitrogens is 1. The molecule has 3 aromatic rings. The average Bonchev–Trinajstić information content (AvgIpc) is 2.89. The summed E-state index contributed by atoms with van der Waals surface area (Å²) in [7, 11) is -1.18. The van der Waals surface area contributed by atoms with Gasteiger partial charge in [-0.15, -0.1) is 0 Å². The van der Waals surface area contributed by atoms with Gasteiger partial charge in [0.15, 0.2) is 6.61 Å². The third kappa shape index (κ3) is 5.56. The van der Waals surface area contributed by atoms with Crippen LogP contribution in [0.4, 0.5) is 11.5 Å². The fourth-order valence-electron chi connectivity index (χ4n) is 3.53. The maximum Gasteiger partial charge on any atom is 0.338 e. The Morgan fingerprint density at radius 1 is 1.08 bits per heavy atom. The number of nitrogens with one attached hydrogen (secondary N) is 1. The predicted octanol–water partition coefficient (Wildman–Crippen LogP) is 1.40. The molecule has 0 aliphatic carbocycles. The van der Waals surface area contributed by atoms with E-state index in [-0.39, 0.29) is 22.8 Å². The number of para-hydroxylation sites is 2. The number of ketones is 1. The number of nitrogen functional groups attached to an aromatic ring is 1. The van der Waals surface area contributed by atoms with Crippen molar-refractivity contribution in [3.63, 3.8) is 0 Å². The van der Waals surface area contributed by atoms with Gasteiger partial charge in [-0.2, -0.15) is 0 Å². The number of hydrogen-bond donors (Lipinski definition) is 2. The molecule has 2 aromatic carbocycles. The van der Waals surface area contributed by atoms with Gasteiger partial charge in [-0.25, -0.2) is 18.0 Å². The van der Waals surface area contributed by atoms with E-state index >= 15 is 0 Å². The molecule has 37 heavy (non-hydrogen) atoms. The first-order chi connectivity index (χ1) is 17.5. The number of nitrogens with two attached hydrogens (primary N) is 1. The van der Waals surface area contributed by atoms with Crippen LogP contribution in [0.1, 0.15) is 34.1 Å². The van der Waals surface area contributed by atoms with E-state index in [9.17, 15) is 27.6 Å². The van der Waals surface area contributed by atoms with Gasteiger partial charge < -0.3 is 15.2 Å². The van der Waals surface area contributed by atoms with E-state index in [4.69, 9.17) is 15.2 Å². The standard InChI is InChI=1S/C24H26N4O8S/c1-4-13-28-21(25)20(22(30)26-24(28)32)18(29)14-36-23(31)15-9-11-16(12-10-15)37(33,34)27(2)17-7-5-6-8-19(17)35-3/h5-12H,4,13-14,25H2,1-3H3,(H,26,30,32). The molecule has 0 bridgehead atoms. The Morgan fingerprint density at radius 3 is 2.35 bits per heavy atom. The van der Waals surface area contributed by atoms with Gasteiger partial charge in [0.1, 0.15) is 17.1 Å². The normalized spacial score (nSPS) is 11.1. The molecule has 1 aromatic heterocycles. The summed E-state index contributed by atoms with van der Waals surface area (Å²) in [5.41, 5.74) is 3.93. The first-order valence-electron chi connectivity index (χ1n) is 11.1. The first-order valence-corrected chi connectivity index (χ1v) is 12.5. The van der Waals surface area contributed by atoms with Gasteiger partial charge in [-0.1, -0.05) is 19.1 Å². The van der Waals surface area contributed by atoms with Crippen molar-refractivity contribution in [3.05, 3.63) is 80.5 Å². The highest BCUT2D eigenvalue weighted by molar-refractivity contribution is 7.92. The molecule has 3 N–H and O–H groups in total. The Kier molecular flexibility index (Phi) is 8.17. The second kappa shape index (κ2) is 11.1. The van der Waals surface area contributed by atoms with E-state index < -0.39 is 45.2 Å². The molecule has 196 valence electrons. The Balaban J connectivity index is 1.75. The van der Waals surface area contributed by atoms with Crippen LogP contribution in [0.25, 0.3) is 0 Å². The molecular formula is C24H26N4O8S. The summed E-state index contributed by atoms with van der Waals surface area (Å²) in [6.45, 7) is 1.16. The van der Waals surface area contributed by atoms with Crippen molar-refractivity contribution in [1.82, 2.24) is 9.55 Å². The highest BCUT2D eigenvalue weighted by Gasteiger charge is 2.25. The van der Waals surface area contributed by atoms with Crippen LogP contribution in [-0.2, 0) is 21.3 Å². The van der Waals surface area contributed by atoms with E-state index in [0.717, 1.165) is 8.87 Å². The summed E-state index contributed by atoms with van der Waals surface area (Å²) in [6.07, 6.45) is 0.527. The molecular weight excluding hydrogens is 504 g/mol. The highest BCUT2D eigenvalue weighted by atomic mass is 32.2. The van der Waals surface area contributed by atoms with Crippen LogP contribution in [0, 0.1) is 0 Å². The van der Waals surface area contributed by atoms with E-state index in [1.807, 2.05) is 4.98 Å². The van der Waals surface area contributed by atoms with E-state index in [1.54, 1.807) is 31.2 Å². The number of ether oxygens (including phenoxy) is 2. The Morgan fingerprint density at radius 2 is 1.73 bits per heavy atom. The van der Waals surface area contributed by atoms with Crippen LogP contribution in [0.2, 0.25) is 0 Å². The minimum Gasteiger partial charge on any atom is -0.495 e. The molecule has 3 rings (SSSR count). The van der Waals surface area contributed by atoms with E-state index in [0.29, 0.717) is 17.9 Å². The van der Waals surface area contributed by atoms with Crippen LogP contribution in [0.3, 0.4) is 0 Å². The first kappa shape index (κ1) is 27.2. The molecule has 0 spiro atoms. The summed E-state index contributed by atoms with van der Waals surface area (Å²) in [5, 5.41) is 0. The number of aromatic nitrogens is 2. The number of benzene rings is 2. The molecule has 0 saturated carbocycles. The number of anilines is 2. The third-order valence-corrected chi connectivity index (χ3v) is 7.26. The van der Waals surface area contributed by atoms with Gasteiger partial charge in [0.05, 0.1) is 23.3 Å². The maximum atomic E-state index is 13.1. The molecule has 13 heteroatoms. The summed E-state index contributed by atoms with van der Waals surface area (Å²) >= 11 is 0. The van der Waals surface area contributed by atoms with Crippen molar-refractivity contribution in [1.29, 1.82) is 0 Å². The number of carbonyl (C=O) groups excluding carboxylic acids is 2.